The van der Waals surface area contributed by atoms with E-state index >= 15 is 0 Å². The van der Waals surface area contributed by atoms with Gasteiger partial charge in [0.15, 0.2) is 0 Å². The molecular formula is C14H27ClN2O2. The molecular weight excluding hydrogens is 264 g/mol. The first-order valence-corrected chi connectivity index (χ1v) is 7.22. The summed E-state index contributed by atoms with van der Waals surface area (Å²) < 4.78 is 5.73. The smallest absolute Gasteiger partial charge is 0.240 e. The molecule has 0 radical (unpaired) electrons. The molecule has 0 aromatic heterocycles. The number of hydrogen-bond acceptors (Lipinski definition) is 3. The van der Waals surface area contributed by atoms with Crippen molar-refractivity contribution < 1.29 is 9.53 Å². The summed E-state index contributed by atoms with van der Waals surface area (Å²) in [5.74, 6) is 0.987. The third-order valence-electron chi connectivity index (χ3n) is 4.39. The monoisotopic (exact) mass is 290 g/mol. The lowest BCUT2D eigenvalue weighted by atomic mass is 9.92. The van der Waals surface area contributed by atoms with E-state index in [0.29, 0.717) is 18.4 Å². The number of amides is 1. The van der Waals surface area contributed by atoms with Gasteiger partial charge in [0.2, 0.25) is 5.91 Å². The molecule has 2 aliphatic rings. The van der Waals surface area contributed by atoms with Crippen molar-refractivity contribution in [1.29, 1.82) is 0 Å². The van der Waals surface area contributed by atoms with E-state index in [1.54, 1.807) is 0 Å². The summed E-state index contributed by atoms with van der Waals surface area (Å²) in [4.78, 5) is 12.1. The van der Waals surface area contributed by atoms with Crippen LogP contribution in [0, 0.1) is 11.8 Å². The van der Waals surface area contributed by atoms with Crippen LogP contribution in [-0.4, -0.2) is 30.7 Å². The molecule has 2 rings (SSSR count). The fourth-order valence-corrected chi connectivity index (χ4v) is 3.24. The lowest BCUT2D eigenvalue weighted by Crippen LogP contribution is -2.53. The number of rotatable bonds is 4. The average molecular weight is 291 g/mol. The highest BCUT2D eigenvalue weighted by molar-refractivity contribution is 5.86. The molecule has 0 bridgehead atoms. The first-order chi connectivity index (χ1) is 8.53. The molecule has 19 heavy (non-hydrogen) atoms. The standard InChI is InChI=1S/C14H26N2O2.ClH/c1-10(2)12-11(5-8-18-12)9-16-13(17)14(15)6-3-4-7-14;/h10-12H,3-9,15H2,1-2H3,(H,16,17);1H. The number of halogens is 1. The zero-order valence-electron chi connectivity index (χ0n) is 12.0. The molecule has 0 aromatic carbocycles. The maximum atomic E-state index is 12.1. The van der Waals surface area contributed by atoms with Gasteiger partial charge in [0.05, 0.1) is 11.6 Å². The largest absolute Gasteiger partial charge is 0.378 e. The molecule has 1 aliphatic heterocycles. The summed E-state index contributed by atoms with van der Waals surface area (Å²) in [6, 6.07) is 0. The Morgan fingerprint density at radius 3 is 2.63 bits per heavy atom. The molecule has 2 unspecified atom stereocenters. The minimum Gasteiger partial charge on any atom is -0.378 e. The van der Waals surface area contributed by atoms with E-state index in [9.17, 15) is 4.79 Å². The maximum absolute atomic E-state index is 12.1. The molecule has 2 atom stereocenters. The normalized spacial score (nSPS) is 29.3. The van der Waals surface area contributed by atoms with Crippen LogP contribution in [0.15, 0.2) is 0 Å². The third kappa shape index (κ3) is 3.83. The van der Waals surface area contributed by atoms with Crippen LogP contribution in [0.1, 0.15) is 46.0 Å². The van der Waals surface area contributed by atoms with Crippen LogP contribution in [0.25, 0.3) is 0 Å². The van der Waals surface area contributed by atoms with Crippen LogP contribution in [0.5, 0.6) is 0 Å². The molecule has 3 N–H and O–H groups in total. The Bertz CT molecular complexity index is 304. The summed E-state index contributed by atoms with van der Waals surface area (Å²) in [5, 5.41) is 3.05. The highest BCUT2D eigenvalue weighted by atomic mass is 35.5. The van der Waals surface area contributed by atoms with Crippen LogP contribution in [0.4, 0.5) is 0 Å². The fraction of sp³-hybridized carbons (Fsp3) is 0.929. The lowest BCUT2D eigenvalue weighted by Gasteiger charge is -2.26. The summed E-state index contributed by atoms with van der Waals surface area (Å²) in [7, 11) is 0. The highest BCUT2D eigenvalue weighted by Gasteiger charge is 2.38. The number of hydrogen-bond donors (Lipinski definition) is 2. The van der Waals surface area contributed by atoms with E-state index in [-0.39, 0.29) is 24.4 Å². The van der Waals surface area contributed by atoms with E-state index in [1.807, 2.05) is 0 Å². The van der Waals surface area contributed by atoms with Gasteiger partial charge in [-0.25, -0.2) is 0 Å². The van der Waals surface area contributed by atoms with E-state index in [2.05, 4.69) is 19.2 Å². The van der Waals surface area contributed by atoms with E-state index in [4.69, 9.17) is 10.5 Å². The first-order valence-electron chi connectivity index (χ1n) is 7.22. The predicted molar refractivity (Wildman–Crippen MR) is 78.3 cm³/mol. The molecule has 5 heteroatoms. The van der Waals surface area contributed by atoms with E-state index < -0.39 is 5.54 Å². The van der Waals surface area contributed by atoms with Crippen LogP contribution in [0.3, 0.4) is 0 Å². The van der Waals surface area contributed by atoms with Gasteiger partial charge in [-0.1, -0.05) is 26.7 Å². The van der Waals surface area contributed by atoms with Crippen molar-refractivity contribution in [2.24, 2.45) is 17.6 Å². The molecule has 4 nitrogen and oxygen atoms in total. The molecule has 0 aromatic rings. The minimum atomic E-state index is -0.604. The number of ether oxygens (including phenoxy) is 1. The van der Waals surface area contributed by atoms with Gasteiger partial charge in [-0.2, -0.15) is 0 Å². The summed E-state index contributed by atoms with van der Waals surface area (Å²) in [6.07, 6.45) is 5.13. The van der Waals surface area contributed by atoms with Crippen LogP contribution >= 0.6 is 12.4 Å². The third-order valence-corrected chi connectivity index (χ3v) is 4.39. The molecule has 112 valence electrons. The van der Waals surface area contributed by atoms with Crippen molar-refractivity contribution in [3.05, 3.63) is 0 Å². The van der Waals surface area contributed by atoms with Crippen molar-refractivity contribution >= 4 is 18.3 Å². The number of nitrogens with two attached hydrogens (primary N) is 1. The minimum absolute atomic E-state index is 0. The maximum Gasteiger partial charge on any atom is 0.240 e. The van der Waals surface area contributed by atoms with Crippen molar-refractivity contribution in [2.75, 3.05) is 13.2 Å². The summed E-state index contributed by atoms with van der Waals surface area (Å²) in [6.45, 7) is 5.87. The Kier molecular flexibility index (Phi) is 6.09. The molecule has 1 heterocycles. The van der Waals surface area contributed by atoms with Gasteiger partial charge in [-0.05, 0) is 25.2 Å². The second-order valence-electron chi connectivity index (χ2n) is 6.20. The van der Waals surface area contributed by atoms with Crippen LogP contribution < -0.4 is 11.1 Å². The first kappa shape index (κ1) is 16.7. The summed E-state index contributed by atoms with van der Waals surface area (Å²) >= 11 is 0. The summed E-state index contributed by atoms with van der Waals surface area (Å²) in [5.41, 5.74) is 5.53. The Labute approximate surface area is 122 Å². The second kappa shape index (κ2) is 6.91. The predicted octanol–water partition coefficient (Wildman–Crippen LogP) is 1.86. The van der Waals surface area contributed by atoms with Crippen molar-refractivity contribution in [1.82, 2.24) is 5.32 Å². The van der Waals surface area contributed by atoms with Gasteiger partial charge in [-0.3, -0.25) is 4.79 Å². The zero-order chi connectivity index (χ0) is 13.2. The number of carbonyl (C=O) groups is 1. The van der Waals surface area contributed by atoms with Gasteiger partial charge < -0.3 is 15.8 Å². The molecule has 1 saturated carbocycles. The van der Waals surface area contributed by atoms with Crippen molar-refractivity contribution in [2.45, 2.75) is 57.6 Å². The van der Waals surface area contributed by atoms with Crippen LogP contribution in [-0.2, 0) is 9.53 Å². The number of nitrogens with one attached hydrogen (secondary N) is 1. The Balaban J connectivity index is 0.00000180. The fourth-order valence-electron chi connectivity index (χ4n) is 3.24. The average Bonchev–Trinajstić information content (AvgIpc) is 2.95. The van der Waals surface area contributed by atoms with E-state index in [0.717, 1.165) is 38.7 Å². The number of carbonyl (C=O) groups excluding carboxylic acids is 1. The Hall–Kier alpha value is -0.320. The Morgan fingerprint density at radius 1 is 1.42 bits per heavy atom. The van der Waals surface area contributed by atoms with Gasteiger partial charge in [0.25, 0.3) is 0 Å². The van der Waals surface area contributed by atoms with Crippen molar-refractivity contribution in [3.63, 3.8) is 0 Å². The van der Waals surface area contributed by atoms with Gasteiger partial charge in [-0.15, -0.1) is 12.4 Å². The quantitative estimate of drug-likeness (QED) is 0.831. The lowest BCUT2D eigenvalue weighted by molar-refractivity contribution is -0.126. The molecule has 1 saturated heterocycles. The van der Waals surface area contributed by atoms with Gasteiger partial charge in [0.1, 0.15) is 0 Å². The topological polar surface area (TPSA) is 64.3 Å². The molecule has 0 spiro atoms. The second-order valence-corrected chi connectivity index (χ2v) is 6.20. The van der Waals surface area contributed by atoms with Gasteiger partial charge in [0, 0.05) is 19.1 Å². The Morgan fingerprint density at radius 2 is 2.05 bits per heavy atom. The molecule has 2 fully saturated rings. The molecule has 1 amide bonds. The van der Waals surface area contributed by atoms with Crippen LogP contribution in [0.2, 0.25) is 0 Å². The zero-order valence-corrected chi connectivity index (χ0v) is 12.8. The van der Waals surface area contributed by atoms with Gasteiger partial charge >= 0.3 is 0 Å². The highest BCUT2D eigenvalue weighted by Crippen LogP contribution is 2.29. The molecule has 1 aliphatic carbocycles. The SMILES string of the molecule is CC(C)C1OCCC1CNC(=O)C1(N)CCCC1.Cl. The van der Waals surface area contributed by atoms with E-state index in [1.165, 1.54) is 0 Å². The van der Waals surface area contributed by atoms with Crippen molar-refractivity contribution in [3.8, 4) is 0 Å².